The van der Waals surface area contributed by atoms with Crippen molar-refractivity contribution >= 4 is 17.8 Å². The fraction of sp³-hybridized carbons (Fsp3) is 0.526. The van der Waals surface area contributed by atoms with E-state index in [-0.39, 0.29) is 18.4 Å². The smallest absolute Gasteiger partial charge is 0.273 e. The fourth-order valence-electron chi connectivity index (χ4n) is 3.78. The zero-order valence-electron chi connectivity index (χ0n) is 16.3. The van der Waals surface area contributed by atoms with Gasteiger partial charge in [-0.2, -0.15) is 5.10 Å². The van der Waals surface area contributed by atoms with Crippen molar-refractivity contribution in [3.8, 4) is 0 Å². The summed E-state index contributed by atoms with van der Waals surface area (Å²) in [6.07, 6.45) is 4.34. The average molecular weight is 383 g/mol. The molecule has 0 unspecified atom stereocenters. The highest BCUT2D eigenvalue weighted by molar-refractivity contribution is 5.94. The van der Waals surface area contributed by atoms with Crippen molar-refractivity contribution in [2.45, 2.75) is 39.3 Å². The SMILES string of the molecule is CNc1nc2c(c(C(=O)N3CCCC3)n1)CN(C(=O)Cn1nccc1C)CC2. The van der Waals surface area contributed by atoms with E-state index in [4.69, 9.17) is 0 Å². The number of carbonyl (C=O) groups excluding carboxylic acids is 2. The summed E-state index contributed by atoms with van der Waals surface area (Å²) in [6.45, 7) is 4.56. The number of hydrogen-bond acceptors (Lipinski definition) is 6. The Labute approximate surface area is 163 Å². The minimum atomic E-state index is -0.0649. The van der Waals surface area contributed by atoms with Crippen LogP contribution in [0.25, 0.3) is 0 Å². The molecule has 4 rings (SSSR count). The van der Waals surface area contributed by atoms with Crippen LogP contribution in [0.2, 0.25) is 0 Å². The van der Waals surface area contributed by atoms with Crippen LogP contribution >= 0.6 is 0 Å². The molecule has 0 aliphatic carbocycles. The van der Waals surface area contributed by atoms with E-state index in [0.29, 0.717) is 31.2 Å². The van der Waals surface area contributed by atoms with Crippen LogP contribution in [0.4, 0.5) is 5.95 Å². The van der Waals surface area contributed by atoms with Crippen LogP contribution < -0.4 is 5.32 Å². The molecule has 0 radical (unpaired) electrons. The van der Waals surface area contributed by atoms with Crippen LogP contribution in [0.5, 0.6) is 0 Å². The van der Waals surface area contributed by atoms with Crippen LogP contribution in [0.1, 0.15) is 40.3 Å². The van der Waals surface area contributed by atoms with Gasteiger partial charge in [0.25, 0.3) is 5.91 Å². The van der Waals surface area contributed by atoms with Gasteiger partial charge in [-0.3, -0.25) is 14.3 Å². The number of fused-ring (bicyclic) bond motifs is 1. The van der Waals surface area contributed by atoms with Crippen molar-refractivity contribution in [1.29, 1.82) is 0 Å². The topological polar surface area (TPSA) is 96.3 Å². The molecule has 2 aromatic rings. The maximum absolute atomic E-state index is 13.1. The van der Waals surface area contributed by atoms with Gasteiger partial charge in [0.05, 0.1) is 5.69 Å². The van der Waals surface area contributed by atoms with Crippen LogP contribution in [-0.4, -0.2) is 68.0 Å². The van der Waals surface area contributed by atoms with E-state index in [0.717, 1.165) is 42.9 Å². The van der Waals surface area contributed by atoms with Gasteiger partial charge >= 0.3 is 0 Å². The molecule has 0 saturated carbocycles. The number of nitrogens with zero attached hydrogens (tertiary/aromatic N) is 6. The molecule has 1 fully saturated rings. The minimum absolute atomic E-state index is 0.0188. The number of aryl methyl sites for hydroxylation is 1. The number of amides is 2. The molecule has 0 bridgehead atoms. The highest BCUT2D eigenvalue weighted by Crippen LogP contribution is 2.24. The summed E-state index contributed by atoms with van der Waals surface area (Å²) in [4.78, 5) is 38.5. The summed E-state index contributed by atoms with van der Waals surface area (Å²) in [7, 11) is 1.75. The van der Waals surface area contributed by atoms with Gasteiger partial charge in [-0.1, -0.05) is 0 Å². The second-order valence-corrected chi connectivity index (χ2v) is 7.27. The van der Waals surface area contributed by atoms with Crippen LogP contribution in [-0.2, 0) is 24.3 Å². The average Bonchev–Trinajstić information content (AvgIpc) is 3.38. The summed E-state index contributed by atoms with van der Waals surface area (Å²) in [5.41, 5.74) is 2.98. The fourth-order valence-corrected chi connectivity index (χ4v) is 3.78. The predicted octanol–water partition coefficient (Wildman–Crippen LogP) is 0.844. The molecule has 2 aliphatic heterocycles. The third-order valence-electron chi connectivity index (χ3n) is 5.45. The number of carbonyl (C=O) groups is 2. The number of hydrogen-bond donors (Lipinski definition) is 1. The van der Waals surface area contributed by atoms with Crippen molar-refractivity contribution < 1.29 is 9.59 Å². The molecular formula is C19H25N7O2. The lowest BCUT2D eigenvalue weighted by atomic mass is 10.0. The Morgan fingerprint density at radius 1 is 1.14 bits per heavy atom. The van der Waals surface area contributed by atoms with E-state index in [1.807, 2.05) is 17.9 Å². The minimum Gasteiger partial charge on any atom is -0.357 e. The summed E-state index contributed by atoms with van der Waals surface area (Å²) in [5, 5.41) is 7.14. The summed E-state index contributed by atoms with van der Waals surface area (Å²) < 4.78 is 1.69. The van der Waals surface area contributed by atoms with Crippen molar-refractivity contribution in [3.63, 3.8) is 0 Å². The van der Waals surface area contributed by atoms with Crippen LogP contribution in [0.3, 0.4) is 0 Å². The van der Waals surface area contributed by atoms with Crippen molar-refractivity contribution in [2.24, 2.45) is 0 Å². The van der Waals surface area contributed by atoms with E-state index in [1.165, 1.54) is 0 Å². The van der Waals surface area contributed by atoms with Gasteiger partial charge in [0.15, 0.2) is 0 Å². The maximum Gasteiger partial charge on any atom is 0.273 e. The Hall–Kier alpha value is -2.97. The van der Waals surface area contributed by atoms with Gasteiger partial charge < -0.3 is 15.1 Å². The van der Waals surface area contributed by atoms with Crippen LogP contribution in [0.15, 0.2) is 12.3 Å². The second-order valence-electron chi connectivity index (χ2n) is 7.27. The van der Waals surface area contributed by atoms with Gasteiger partial charge in [-0.05, 0) is 25.8 Å². The monoisotopic (exact) mass is 383 g/mol. The summed E-state index contributed by atoms with van der Waals surface area (Å²) >= 11 is 0. The molecule has 28 heavy (non-hydrogen) atoms. The van der Waals surface area contributed by atoms with Crippen molar-refractivity contribution in [2.75, 3.05) is 32.0 Å². The molecular weight excluding hydrogens is 358 g/mol. The number of nitrogens with one attached hydrogen (secondary N) is 1. The van der Waals surface area contributed by atoms with Crippen LogP contribution in [0, 0.1) is 6.92 Å². The quantitative estimate of drug-likeness (QED) is 0.841. The second kappa shape index (κ2) is 7.57. The van der Waals surface area contributed by atoms with Gasteiger partial charge in [-0.15, -0.1) is 0 Å². The molecule has 1 saturated heterocycles. The molecule has 1 N–H and O–H groups in total. The Bertz CT molecular complexity index is 902. The van der Waals surface area contributed by atoms with E-state index in [2.05, 4.69) is 20.4 Å². The van der Waals surface area contributed by atoms with Gasteiger partial charge in [0.2, 0.25) is 11.9 Å². The van der Waals surface area contributed by atoms with E-state index >= 15 is 0 Å². The molecule has 0 spiro atoms. The Morgan fingerprint density at radius 2 is 1.93 bits per heavy atom. The largest absolute Gasteiger partial charge is 0.357 e. The first-order valence-electron chi connectivity index (χ1n) is 9.70. The maximum atomic E-state index is 13.1. The van der Waals surface area contributed by atoms with Gasteiger partial charge in [0, 0.05) is 57.1 Å². The van der Waals surface area contributed by atoms with E-state index in [1.54, 1.807) is 22.8 Å². The van der Waals surface area contributed by atoms with Crippen molar-refractivity contribution in [3.05, 3.63) is 34.9 Å². The highest BCUT2D eigenvalue weighted by atomic mass is 16.2. The first kappa shape index (κ1) is 18.4. The molecule has 9 heteroatoms. The van der Waals surface area contributed by atoms with E-state index in [9.17, 15) is 9.59 Å². The molecule has 2 amide bonds. The molecule has 2 aromatic heterocycles. The first-order chi connectivity index (χ1) is 13.6. The zero-order valence-corrected chi connectivity index (χ0v) is 16.3. The molecule has 2 aliphatic rings. The van der Waals surface area contributed by atoms with Gasteiger partial charge in [-0.25, -0.2) is 9.97 Å². The zero-order chi connectivity index (χ0) is 19.7. The number of likely N-dealkylation sites (tertiary alicyclic amines) is 1. The third kappa shape index (κ3) is 3.44. The standard InChI is InChI=1S/C19H25N7O2/c1-13-5-7-21-26(13)12-16(27)25-10-6-15-14(11-25)17(23-19(20-2)22-15)18(28)24-8-3-4-9-24/h5,7H,3-4,6,8-12H2,1-2H3,(H,20,22,23). The summed E-state index contributed by atoms with van der Waals surface area (Å²) in [6, 6.07) is 1.87. The normalized spacial score (nSPS) is 16.2. The third-order valence-corrected chi connectivity index (χ3v) is 5.45. The Balaban J connectivity index is 1.60. The lowest BCUT2D eigenvalue weighted by Crippen LogP contribution is -2.40. The lowest BCUT2D eigenvalue weighted by molar-refractivity contribution is -0.133. The number of anilines is 1. The Kier molecular flexibility index (Phi) is 4.97. The molecule has 0 aromatic carbocycles. The molecule has 148 valence electrons. The number of rotatable bonds is 4. The van der Waals surface area contributed by atoms with E-state index < -0.39 is 0 Å². The molecule has 4 heterocycles. The predicted molar refractivity (Wildman–Crippen MR) is 103 cm³/mol. The molecule has 0 atom stereocenters. The Morgan fingerprint density at radius 3 is 2.61 bits per heavy atom. The lowest BCUT2D eigenvalue weighted by Gasteiger charge is -2.30. The first-order valence-corrected chi connectivity index (χ1v) is 9.70. The summed E-state index contributed by atoms with van der Waals surface area (Å²) in [5.74, 6) is 0.368. The molecule has 9 nitrogen and oxygen atoms in total. The van der Waals surface area contributed by atoms with Crippen molar-refractivity contribution in [1.82, 2.24) is 29.5 Å². The van der Waals surface area contributed by atoms with Gasteiger partial charge in [0.1, 0.15) is 12.2 Å². The highest BCUT2D eigenvalue weighted by Gasteiger charge is 2.30. The number of aromatic nitrogens is 4.